The third-order valence-electron chi connectivity index (χ3n) is 4.15. The van der Waals surface area contributed by atoms with E-state index in [9.17, 15) is 4.79 Å². The van der Waals surface area contributed by atoms with Crippen molar-refractivity contribution in [3.8, 4) is 11.5 Å². The van der Waals surface area contributed by atoms with E-state index in [2.05, 4.69) is 10.3 Å². The number of fused-ring (bicyclic) bond motifs is 1. The van der Waals surface area contributed by atoms with Gasteiger partial charge in [0.1, 0.15) is 11.5 Å². The maximum absolute atomic E-state index is 12.6. The summed E-state index contributed by atoms with van der Waals surface area (Å²) in [7, 11) is 3.23. The number of aromatic nitrogens is 1. The first-order valence-corrected chi connectivity index (χ1v) is 8.39. The van der Waals surface area contributed by atoms with E-state index in [1.807, 2.05) is 48.7 Å². The van der Waals surface area contributed by atoms with Gasteiger partial charge in [0, 0.05) is 28.4 Å². The van der Waals surface area contributed by atoms with Gasteiger partial charge in [0.2, 0.25) is 0 Å². The van der Waals surface area contributed by atoms with Gasteiger partial charge in [-0.25, -0.2) is 4.79 Å². The number of anilines is 1. The highest BCUT2D eigenvalue weighted by Crippen LogP contribution is 2.34. The number of esters is 1. The molecule has 26 heavy (non-hydrogen) atoms. The van der Waals surface area contributed by atoms with E-state index in [4.69, 9.17) is 14.2 Å². The number of aromatic amines is 1. The van der Waals surface area contributed by atoms with Crippen LogP contribution in [0.4, 0.5) is 5.69 Å². The number of carbonyl (C=O) groups is 1. The van der Waals surface area contributed by atoms with E-state index in [0.717, 1.165) is 27.9 Å². The Kier molecular flexibility index (Phi) is 5.31. The van der Waals surface area contributed by atoms with Crippen molar-refractivity contribution in [3.63, 3.8) is 0 Å². The van der Waals surface area contributed by atoms with Crippen molar-refractivity contribution in [2.24, 2.45) is 0 Å². The Morgan fingerprint density at radius 3 is 2.54 bits per heavy atom. The summed E-state index contributed by atoms with van der Waals surface area (Å²) >= 11 is 0. The minimum absolute atomic E-state index is 0.305. The fourth-order valence-electron chi connectivity index (χ4n) is 2.92. The Balaban J connectivity index is 2.02. The van der Waals surface area contributed by atoms with Crippen LogP contribution in [-0.4, -0.2) is 31.8 Å². The highest BCUT2D eigenvalue weighted by molar-refractivity contribution is 5.95. The zero-order valence-corrected chi connectivity index (χ0v) is 15.0. The maximum Gasteiger partial charge on any atom is 0.333 e. The van der Waals surface area contributed by atoms with Crippen LogP contribution in [0.3, 0.4) is 0 Å². The van der Waals surface area contributed by atoms with E-state index in [1.165, 1.54) is 0 Å². The lowest BCUT2D eigenvalue weighted by molar-refractivity contribution is -0.144. The zero-order valence-electron chi connectivity index (χ0n) is 15.0. The van der Waals surface area contributed by atoms with Crippen molar-refractivity contribution in [1.82, 2.24) is 4.98 Å². The molecule has 0 aliphatic rings. The van der Waals surface area contributed by atoms with E-state index in [0.29, 0.717) is 12.4 Å². The molecule has 0 unspecified atom stereocenters. The summed E-state index contributed by atoms with van der Waals surface area (Å²) in [4.78, 5) is 15.8. The Bertz CT molecular complexity index is 886. The molecule has 0 spiro atoms. The molecule has 0 bridgehead atoms. The molecule has 0 aliphatic carbocycles. The Labute approximate surface area is 152 Å². The molecule has 2 N–H and O–H groups in total. The fourth-order valence-corrected chi connectivity index (χ4v) is 2.92. The van der Waals surface area contributed by atoms with Crippen molar-refractivity contribution in [2.75, 3.05) is 26.1 Å². The summed E-state index contributed by atoms with van der Waals surface area (Å²) in [5, 5.41) is 4.11. The van der Waals surface area contributed by atoms with Crippen LogP contribution in [0.2, 0.25) is 0 Å². The number of H-pyrrole nitrogens is 1. The summed E-state index contributed by atoms with van der Waals surface area (Å²) in [5.74, 6) is 1.09. The Morgan fingerprint density at radius 1 is 1.12 bits per heavy atom. The predicted molar refractivity (Wildman–Crippen MR) is 101 cm³/mol. The summed E-state index contributed by atoms with van der Waals surface area (Å²) in [6.45, 7) is 2.09. The lowest BCUT2D eigenvalue weighted by Crippen LogP contribution is -2.23. The van der Waals surface area contributed by atoms with Crippen LogP contribution in [-0.2, 0) is 9.53 Å². The normalized spacial score (nSPS) is 11.8. The van der Waals surface area contributed by atoms with Gasteiger partial charge in [-0.05, 0) is 43.3 Å². The smallest absolute Gasteiger partial charge is 0.333 e. The molecule has 136 valence electrons. The second-order valence-corrected chi connectivity index (χ2v) is 5.68. The average molecular weight is 354 g/mol. The number of benzene rings is 2. The van der Waals surface area contributed by atoms with Gasteiger partial charge in [0.05, 0.1) is 20.8 Å². The monoisotopic (exact) mass is 354 g/mol. The van der Waals surface area contributed by atoms with Gasteiger partial charge in [0.25, 0.3) is 0 Å². The summed E-state index contributed by atoms with van der Waals surface area (Å²) in [6.07, 6.45) is 1.81. The molecule has 3 aromatic rings. The van der Waals surface area contributed by atoms with E-state index in [1.54, 1.807) is 21.1 Å². The number of nitrogens with one attached hydrogen (secondary N) is 2. The molecule has 1 atom stereocenters. The van der Waals surface area contributed by atoms with Gasteiger partial charge < -0.3 is 24.5 Å². The highest BCUT2D eigenvalue weighted by Gasteiger charge is 2.26. The largest absolute Gasteiger partial charge is 0.497 e. The van der Waals surface area contributed by atoms with Crippen LogP contribution in [0, 0.1) is 0 Å². The number of rotatable bonds is 7. The molecule has 0 amide bonds. The number of hydrogen-bond acceptors (Lipinski definition) is 5. The van der Waals surface area contributed by atoms with Gasteiger partial charge in [-0.1, -0.05) is 6.07 Å². The van der Waals surface area contributed by atoms with Crippen molar-refractivity contribution in [3.05, 3.63) is 54.2 Å². The van der Waals surface area contributed by atoms with Gasteiger partial charge >= 0.3 is 5.97 Å². The molecule has 0 radical (unpaired) electrons. The van der Waals surface area contributed by atoms with Crippen LogP contribution in [0.5, 0.6) is 11.5 Å². The first-order chi connectivity index (χ1) is 12.7. The van der Waals surface area contributed by atoms with Gasteiger partial charge in [0.15, 0.2) is 6.04 Å². The number of carbonyl (C=O) groups excluding carboxylic acids is 1. The molecular weight excluding hydrogens is 332 g/mol. The number of methoxy groups -OCH3 is 2. The molecule has 2 aromatic carbocycles. The van der Waals surface area contributed by atoms with Crippen LogP contribution in [0.25, 0.3) is 10.9 Å². The zero-order chi connectivity index (χ0) is 18.5. The van der Waals surface area contributed by atoms with Crippen molar-refractivity contribution in [2.45, 2.75) is 13.0 Å². The van der Waals surface area contributed by atoms with Crippen LogP contribution < -0.4 is 14.8 Å². The fraction of sp³-hybridized carbons (Fsp3) is 0.250. The second kappa shape index (κ2) is 7.82. The van der Waals surface area contributed by atoms with Crippen molar-refractivity contribution in [1.29, 1.82) is 0 Å². The molecule has 1 aromatic heterocycles. The second-order valence-electron chi connectivity index (χ2n) is 5.68. The molecule has 6 nitrogen and oxygen atoms in total. The van der Waals surface area contributed by atoms with Crippen LogP contribution >= 0.6 is 0 Å². The van der Waals surface area contributed by atoms with E-state index >= 15 is 0 Å². The third kappa shape index (κ3) is 3.44. The summed E-state index contributed by atoms with van der Waals surface area (Å²) in [6, 6.07) is 12.4. The molecule has 3 rings (SSSR count). The van der Waals surface area contributed by atoms with Gasteiger partial charge in [-0.2, -0.15) is 0 Å². The quantitative estimate of drug-likeness (QED) is 0.630. The molecule has 6 heteroatoms. The van der Waals surface area contributed by atoms with Crippen LogP contribution in [0.1, 0.15) is 18.5 Å². The lowest BCUT2D eigenvalue weighted by atomic mass is 10.0. The van der Waals surface area contributed by atoms with Gasteiger partial charge in [-0.3, -0.25) is 0 Å². The highest BCUT2D eigenvalue weighted by atomic mass is 16.5. The average Bonchev–Trinajstić information content (AvgIpc) is 3.10. The molecule has 0 aliphatic heterocycles. The summed E-state index contributed by atoms with van der Waals surface area (Å²) in [5.41, 5.74) is 2.45. The summed E-state index contributed by atoms with van der Waals surface area (Å²) < 4.78 is 15.9. The molecule has 0 fully saturated rings. The first-order valence-electron chi connectivity index (χ1n) is 8.39. The Morgan fingerprint density at radius 2 is 1.88 bits per heavy atom. The van der Waals surface area contributed by atoms with E-state index in [-0.39, 0.29) is 5.97 Å². The minimum atomic E-state index is -0.673. The Hall–Kier alpha value is -3.15. The SMILES string of the molecule is CCOC(=O)[C@@H](Nc1ccc(OC)cc1)c1c[nH]c2cccc(OC)c12. The number of ether oxygens (including phenoxy) is 3. The van der Waals surface area contributed by atoms with E-state index < -0.39 is 6.04 Å². The lowest BCUT2D eigenvalue weighted by Gasteiger charge is -2.19. The molecule has 0 saturated heterocycles. The number of hydrogen-bond donors (Lipinski definition) is 2. The molecular formula is C20H22N2O4. The third-order valence-corrected chi connectivity index (χ3v) is 4.15. The van der Waals surface area contributed by atoms with Crippen LogP contribution in [0.15, 0.2) is 48.7 Å². The van der Waals surface area contributed by atoms with Gasteiger partial charge in [-0.15, -0.1) is 0 Å². The minimum Gasteiger partial charge on any atom is -0.497 e. The maximum atomic E-state index is 12.6. The molecule has 1 heterocycles. The molecule has 0 saturated carbocycles. The topological polar surface area (TPSA) is 72.6 Å². The standard InChI is InChI=1S/C20H22N2O4/c1-4-26-20(23)19(22-13-8-10-14(24-2)11-9-13)15-12-21-16-6-5-7-17(25-3)18(15)16/h5-12,19,21-22H,4H2,1-3H3/t19-/m0/s1. The van der Waals surface area contributed by atoms with Crippen molar-refractivity contribution >= 4 is 22.6 Å². The first kappa shape index (κ1) is 17.7. The van der Waals surface area contributed by atoms with Crippen molar-refractivity contribution < 1.29 is 19.0 Å². The predicted octanol–water partition coefficient (Wildman–Crippen LogP) is 3.90.